The highest BCUT2D eigenvalue weighted by atomic mass is 14.0. The van der Waals surface area contributed by atoms with E-state index in [0.717, 1.165) is 0 Å². The van der Waals surface area contributed by atoms with E-state index in [1.807, 2.05) is 0 Å². The van der Waals surface area contributed by atoms with E-state index in [0.29, 0.717) is 5.92 Å². The van der Waals surface area contributed by atoms with Crippen LogP contribution in [0.15, 0.2) is 0 Å². The minimum atomic E-state index is 0.542. The zero-order chi connectivity index (χ0) is 7.11. The average Bonchev–Trinajstić information content (AvgIpc) is 1.88. The van der Waals surface area contributed by atoms with E-state index in [4.69, 9.17) is 6.42 Å². The zero-order valence-electron chi connectivity index (χ0n) is 6.48. The van der Waals surface area contributed by atoms with Crippen molar-refractivity contribution in [3.05, 3.63) is 0 Å². The van der Waals surface area contributed by atoms with E-state index in [9.17, 15) is 0 Å². The van der Waals surface area contributed by atoms with Crippen LogP contribution in [0.5, 0.6) is 0 Å². The van der Waals surface area contributed by atoms with Crippen LogP contribution in [-0.2, 0) is 0 Å². The van der Waals surface area contributed by atoms with E-state index in [1.165, 1.54) is 25.7 Å². The molecule has 0 heteroatoms. The number of terminal acetylenes is 1. The first-order valence-electron chi connectivity index (χ1n) is 3.81. The van der Waals surface area contributed by atoms with Crippen LogP contribution >= 0.6 is 0 Å². The van der Waals surface area contributed by atoms with Crippen LogP contribution in [0.1, 0.15) is 39.5 Å². The zero-order valence-corrected chi connectivity index (χ0v) is 6.48. The molecule has 0 aliphatic carbocycles. The minimum absolute atomic E-state index is 0.542. The summed E-state index contributed by atoms with van der Waals surface area (Å²) >= 11 is 0. The Morgan fingerprint density at radius 3 is 1.89 bits per heavy atom. The van der Waals surface area contributed by atoms with Gasteiger partial charge in [0.1, 0.15) is 0 Å². The highest BCUT2D eigenvalue weighted by molar-refractivity contribution is 4.92. The monoisotopic (exact) mass is 124 g/mol. The molecule has 0 saturated carbocycles. The second kappa shape index (κ2) is 5.69. The smallest absolute Gasteiger partial charge is 0.0200 e. The fraction of sp³-hybridized carbons (Fsp3) is 0.778. The summed E-state index contributed by atoms with van der Waals surface area (Å²) < 4.78 is 0. The summed E-state index contributed by atoms with van der Waals surface area (Å²) in [5.41, 5.74) is 0. The molecule has 0 aromatic heterocycles. The topological polar surface area (TPSA) is 0 Å². The van der Waals surface area contributed by atoms with Gasteiger partial charge in [-0.05, 0) is 12.8 Å². The van der Waals surface area contributed by atoms with Crippen LogP contribution in [-0.4, -0.2) is 0 Å². The lowest BCUT2D eigenvalue weighted by Gasteiger charge is -2.04. The molecule has 0 spiro atoms. The second-order valence-corrected chi connectivity index (χ2v) is 2.44. The Morgan fingerprint density at radius 2 is 1.67 bits per heavy atom. The number of hydrogen-bond donors (Lipinski definition) is 0. The van der Waals surface area contributed by atoms with Crippen LogP contribution in [0.4, 0.5) is 0 Å². The van der Waals surface area contributed by atoms with Gasteiger partial charge in [-0.2, -0.15) is 0 Å². The Kier molecular flexibility index (Phi) is 5.41. The first kappa shape index (κ1) is 8.56. The summed E-state index contributed by atoms with van der Waals surface area (Å²) in [4.78, 5) is 0. The maximum absolute atomic E-state index is 5.29. The summed E-state index contributed by atoms with van der Waals surface area (Å²) in [6.45, 7) is 4.36. The summed E-state index contributed by atoms with van der Waals surface area (Å²) in [6.07, 6.45) is 10.1. The third kappa shape index (κ3) is 4.09. The molecule has 0 N–H and O–H groups in total. The normalized spacial score (nSPS) is 9.56. The molecule has 0 saturated heterocycles. The third-order valence-corrected chi connectivity index (χ3v) is 1.51. The van der Waals surface area contributed by atoms with Gasteiger partial charge >= 0.3 is 0 Å². The van der Waals surface area contributed by atoms with Crippen molar-refractivity contribution in [1.29, 1.82) is 0 Å². The molecule has 0 aliphatic heterocycles. The molecule has 0 radical (unpaired) electrons. The molecule has 0 atom stereocenters. The Morgan fingerprint density at radius 1 is 1.22 bits per heavy atom. The van der Waals surface area contributed by atoms with Crippen molar-refractivity contribution in [1.82, 2.24) is 0 Å². The summed E-state index contributed by atoms with van der Waals surface area (Å²) in [5, 5.41) is 0. The van der Waals surface area contributed by atoms with Crippen LogP contribution in [0.3, 0.4) is 0 Å². The second-order valence-electron chi connectivity index (χ2n) is 2.44. The third-order valence-electron chi connectivity index (χ3n) is 1.51. The molecule has 0 aromatic rings. The van der Waals surface area contributed by atoms with Gasteiger partial charge in [-0.1, -0.05) is 26.7 Å². The van der Waals surface area contributed by atoms with Gasteiger partial charge in [0.25, 0.3) is 0 Å². The van der Waals surface area contributed by atoms with Gasteiger partial charge in [0.05, 0.1) is 0 Å². The van der Waals surface area contributed by atoms with Crippen molar-refractivity contribution in [3.63, 3.8) is 0 Å². The molecule has 0 amide bonds. The van der Waals surface area contributed by atoms with Gasteiger partial charge in [0.15, 0.2) is 0 Å². The predicted molar refractivity (Wildman–Crippen MR) is 42.1 cm³/mol. The maximum atomic E-state index is 5.29. The molecular weight excluding hydrogens is 108 g/mol. The van der Waals surface area contributed by atoms with Gasteiger partial charge in [-0.15, -0.1) is 12.3 Å². The van der Waals surface area contributed by atoms with Crippen molar-refractivity contribution in [2.24, 2.45) is 5.92 Å². The Hall–Kier alpha value is -0.440. The molecule has 0 aromatic carbocycles. The molecule has 0 rings (SSSR count). The van der Waals surface area contributed by atoms with Gasteiger partial charge < -0.3 is 0 Å². The lowest BCUT2D eigenvalue weighted by molar-refractivity contribution is 0.546. The van der Waals surface area contributed by atoms with Crippen LogP contribution < -0.4 is 0 Å². The van der Waals surface area contributed by atoms with Gasteiger partial charge in [-0.3, -0.25) is 0 Å². The molecule has 9 heavy (non-hydrogen) atoms. The molecule has 0 bridgehead atoms. The SMILES string of the molecule is C#CC(CCC)CCC. The van der Waals surface area contributed by atoms with E-state index in [-0.39, 0.29) is 0 Å². The molecule has 0 heterocycles. The molecule has 0 unspecified atom stereocenters. The molecule has 0 nitrogen and oxygen atoms in total. The van der Waals surface area contributed by atoms with E-state index in [1.54, 1.807) is 0 Å². The number of rotatable bonds is 4. The quantitative estimate of drug-likeness (QED) is 0.505. The fourth-order valence-electron chi connectivity index (χ4n) is 1.01. The highest BCUT2D eigenvalue weighted by Gasteiger charge is 1.99. The van der Waals surface area contributed by atoms with E-state index >= 15 is 0 Å². The van der Waals surface area contributed by atoms with Crippen LogP contribution in [0.25, 0.3) is 0 Å². The summed E-state index contributed by atoms with van der Waals surface area (Å²) in [7, 11) is 0. The molecule has 0 fully saturated rings. The van der Waals surface area contributed by atoms with Crippen LogP contribution in [0, 0.1) is 18.3 Å². The van der Waals surface area contributed by atoms with Crippen LogP contribution in [0.2, 0.25) is 0 Å². The predicted octanol–water partition coefficient (Wildman–Crippen LogP) is 2.84. The Balaban J connectivity index is 3.32. The molecule has 52 valence electrons. The lowest BCUT2D eigenvalue weighted by atomic mass is 10.00. The maximum Gasteiger partial charge on any atom is 0.0200 e. The Bertz CT molecular complexity index is 80.7. The molecule has 0 aliphatic rings. The Labute approximate surface area is 58.7 Å². The van der Waals surface area contributed by atoms with Gasteiger partial charge in [-0.25, -0.2) is 0 Å². The number of hydrogen-bond acceptors (Lipinski definition) is 0. The highest BCUT2D eigenvalue weighted by Crippen LogP contribution is 2.10. The van der Waals surface area contributed by atoms with Gasteiger partial charge in [0, 0.05) is 5.92 Å². The van der Waals surface area contributed by atoms with Crippen molar-refractivity contribution in [2.75, 3.05) is 0 Å². The minimum Gasteiger partial charge on any atom is -0.120 e. The standard InChI is InChI=1S/C9H16/c1-4-7-9(6-3)8-5-2/h3,9H,4-5,7-8H2,1-2H3. The fourth-order valence-corrected chi connectivity index (χ4v) is 1.01. The first-order valence-corrected chi connectivity index (χ1v) is 3.81. The first-order chi connectivity index (χ1) is 4.35. The summed E-state index contributed by atoms with van der Waals surface area (Å²) in [6, 6.07) is 0. The van der Waals surface area contributed by atoms with E-state index in [2.05, 4.69) is 19.8 Å². The van der Waals surface area contributed by atoms with E-state index < -0.39 is 0 Å². The van der Waals surface area contributed by atoms with Crippen molar-refractivity contribution < 1.29 is 0 Å². The molecular formula is C9H16. The van der Waals surface area contributed by atoms with Crippen molar-refractivity contribution in [2.45, 2.75) is 39.5 Å². The average molecular weight is 124 g/mol. The summed E-state index contributed by atoms with van der Waals surface area (Å²) in [5.74, 6) is 3.35. The largest absolute Gasteiger partial charge is 0.120 e. The lowest BCUT2D eigenvalue weighted by Crippen LogP contribution is -1.94. The van der Waals surface area contributed by atoms with Crippen molar-refractivity contribution in [3.8, 4) is 12.3 Å². The van der Waals surface area contributed by atoms with Crippen molar-refractivity contribution >= 4 is 0 Å². The van der Waals surface area contributed by atoms with Gasteiger partial charge in [0.2, 0.25) is 0 Å².